The number of hydrogen-bond donors (Lipinski definition) is 2. The standard InChI is InChI=1S/C23H34N5O7P/c24-22-26-19-18(20(29)27-22)25-13-28(19)12-23(9-10-23)33-15-36(31,34-11-16-5-1-2-6-16)35-14-32-21(30)17-7-3-4-8-17/h13,16-17H,1-12,14-15H2,(H3,24,26,27,29). The first-order chi connectivity index (χ1) is 17.3. The zero-order valence-corrected chi connectivity index (χ0v) is 21.2. The lowest BCUT2D eigenvalue weighted by Gasteiger charge is -2.24. The third-order valence-electron chi connectivity index (χ3n) is 7.38. The van der Waals surface area contributed by atoms with E-state index in [1.54, 1.807) is 4.57 Å². The summed E-state index contributed by atoms with van der Waals surface area (Å²) in [5.41, 5.74) is 5.72. The number of fused-ring (bicyclic) bond motifs is 1. The molecule has 198 valence electrons. The Morgan fingerprint density at radius 2 is 1.86 bits per heavy atom. The van der Waals surface area contributed by atoms with E-state index < -0.39 is 20.0 Å². The molecule has 3 aliphatic carbocycles. The largest absolute Gasteiger partial charge is 0.492 e. The van der Waals surface area contributed by atoms with E-state index in [-0.39, 0.29) is 35.6 Å². The van der Waals surface area contributed by atoms with E-state index in [1.807, 2.05) is 0 Å². The van der Waals surface area contributed by atoms with Crippen molar-refractivity contribution in [3.63, 3.8) is 0 Å². The van der Waals surface area contributed by atoms with Gasteiger partial charge in [0, 0.05) is 0 Å². The number of esters is 1. The van der Waals surface area contributed by atoms with Crippen LogP contribution >= 0.6 is 7.60 Å². The van der Waals surface area contributed by atoms with Crippen molar-refractivity contribution in [2.45, 2.75) is 76.4 Å². The maximum atomic E-state index is 13.6. The van der Waals surface area contributed by atoms with E-state index in [1.165, 1.54) is 6.33 Å². The molecule has 13 heteroatoms. The fourth-order valence-electron chi connectivity index (χ4n) is 5.03. The number of imidazole rings is 1. The third-order valence-corrected chi connectivity index (χ3v) is 8.87. The molecule has 0 radical (unpaired) electrons. The van der Waals surface area contributed by atoms with Gasteiger partial charge in [-0.25, -0.2) is 4.98 Å². The number of nitrogen functional groups attached to an aromatic ring is 1. The molecule has 0 amide bonds. The van der Waals surface area contributed by atoms with Crippen LogP contribution < -0.4 is 5.73 Å². The summed E-state index contributed by atoms with van der Waals surface area (Å²) in [6.07, 6.45) is 10.8. The van der Waals surface area contributed by atoms with Crippen LogP contribution in [0.3, 0.4) is 0 Å². The van der Waals surface area contributed by atoms with E-state index in [0.29, 0.717) is 24.7 Å². The van der Waals surface area contributed by atoms with Crippen LogP contribution in [0.15, 0.2) is 6.33 Å². The average molecular weight is 524 g/mol. The number of hydrogen-bond acceptors (Lipinski definition) is 11. The summed E-state index contributed by atoms with van der Waals surface area (Å²) in [5, 5.41) is 9.99. The molecule has 0 aromatic carbocycles. The van der Waals surface area contributed by atoms with Crippen LogP contribution in [0.4, 0.5) is 5.95 Å². The number of carbonyl (C=O) groups is 1. The molecule has 3 fully saturated rings. The monoisotopic (exact) mass is 523 g/mol. The van der Waals surface area contributed by atoms with Gasteiger partial charge in [-0.15, -0.1) is 0 Å². The van der Waals surface area contributed by atoms with Crippen LogP contribution in [0.1, 0.15) is 64.2 Å². The molecule has 3 N–H and O–H groups in total. The van der Waals surface area contributed by atoms with Gasteiger partial charge in [0.2, 0.25) is 18.6 Å². The van der Waals surface area contributed by atoms with Crippen molar-refractivity contribution < 1.29 is 33.0 Å². The van der Waals surface area contributed by atoms with Crippen molar-refractivity contribution in [1.82, 2.24) is 19.5 Å². The number of aromatic nitrogens is 4. The predicted molar refractivity (Wildman–Crippen MR) is 129 cm³/mol. The van der Waals surface area contributed by atoms with Crippen LogP contribution in [0.2, 0.25) is 0 Å². The summed E-state index contributed by atoms with van der Waals surface area (Å²) >= 11 is 0. The van der Waals surface area contributed by atoms with Crippen LogP contribution in [-0.4, -0.2) is 55.9 Å². The summed E-state index contributed by atoms with van der Waals surface area (Å²) in [6, 6.07) is 0. The van der Waals surface area contributed by atoms with Gasteiger partial charge in [0.1, 0.15) is 6.35 Å². The van der Waals surface area contributed by atoms with Crippen molar-refractivity contribution in [2.75, 3.05) is 25.5 Å². The number of aromatic hydroxyl groups is 1. The number of nitrogens with zero attached hydrogens (tertiary/aromatic N) is 4. The molecule has 3 saturated carbocycles. The fraction of sp³-hybridized carbons (Fsp3) is 0.739. The van der Waals surface area contributed by atoms with Crippen molar-refractivity contribution in [3.05, 3.63) is 6.33 Å². The lowest BCUT2D eigenvalue weighted by molar-refractivity contribution is -0.155. The molecule has 5 rings (SSSR count). The van der Waals surface area contributed by atoms with Crippen molar-refractivity contribution in [1.29, 1.82) is 0 Å². The Morgan fingerprint density at radius 3 is 2.58 bits per heavy atom. The van der Waals surface area contributed by atoms with Gasteiger partial charge in [-0.1, -0.05) is 25.7 Å². The molecular weight excluding hydrogens is 489 g/mol. The molecule has 2 heterocycles. The van der Waals surface area contributed by atoms with Gasteiger partial charge in [-0.2, -0.15) is 9.97 Å². The zero-order chi connectivity index (χ0) is 25.2. The first kappa shape index (κ1) is 25.4. The normalized spacial score (nSPS) is 21.7. The van der Waals surface area contributed by atoms with Gasteiger partial charge in [0.05, 0.1) is 31.0 Å². The SMILES string of the molecule is Nc1nc(O)c2ncn(CC3(OCP(=O)(OCOC(=O)C4CCCC4)OCC4CCCC4)CC3)c2n1. The Bertz CT molecular complexity index is 1130. The average Bonchev–Trinajstić information content (AvgIpc) is 3.30. The number of carbonyl (C=O) groups excluding carboxylic acids is 1. The molecule has 0 aliphatic heterocycles. The van der Waals surface area contributed by atoms with E-state index in [0.717, 1.165) is 64.2 Å². The smallest absolute Gasteiger partial charge is 0.359 e. The molecule has 0 saturated heterocycles. The Hall–Kier alpha value is -2.27. The topological polar surface area (TPSA) is 161 Å². The lowest BCUT2D eigenvalue weighted by Crippen LogP contribution is -2.24. The predicted octanol–water partition coefficient (Wildman–Crippen LogP) is 3.73. The first-order valence-electron chi connectivity index (χ1n) is 12.7. The van der Waals surface area contributed by atoms with E-state index in [9.17, 15) is 14.5 Å². The quantitative estimate of drug-likeness (QED) is 0.237. The van der Waals surface area contributed by atoms with Gasteiger partial charge in [0.15, 0.2) is 11.2 Å². The molecular formula is C23H34N5O7P. The number of anilines is 1. The van der Waals surface area contributed by atoms with Crippen LogP contribution in [0, 0.1) is 11.8 Å². The van der Waals surface area contributed by atoms with E-state index in [4.69, 9.17) is 24.3 Å². The molecule has 12 nitrogen and oxygen atoms in total. The summed E-state index contributed by atoms with van der Waals surface area (Å²) in [6.45, 7) is 0.278. The van der Waals surface area contributed by atoms with Crippen LogP contribution in [-0.2, 0) is 34.4 Å². The maximum Gasteiger partial charge on any atom is 0.359 e. The third kappa shape index (κ3) is 5.99. The molecule has 1 unspecified atom stereocenters. The van der Waals surface area contributed by atoms with Crippen LogP contribution in [0.5, 0.6) is 5.88 Å². The zero-order valence-electron chi connectivity index (χ0n) is 20.3. The van der Waals surface area contributed by atoms with E-state index >= 15 is 0 Å². The molecule has 3 aliphatic rings. The van der Waals surface area contributed by atoms with Crippen molar-refractivity contribution in [3.8, 4) is 5.88 Å². The second kappa shape index (κ2) is 10.6. The number of nitrogens with two attached hydrogens (primary N) is 1. The minimum absolute atomic E-state index is 0.0575. The molecule has 1 atom stereocenters. The highest BCUT2D eigenvalue weighted by Crippen LogP contribution is 2.53. The molecule has 0 spiro atoms. The van der Waals surface area contributed by atoms with Crippen molar-refractivity contribution >= 4 is 30.7 Å². The van der Waals surface area contributed by atoms with E-state index in [2.05, 4.69) is 15.0 Å². The van der Waals surface area contributed by atoms with Gasteiger partial charge >= 0.3 is 13.6 Å². The fourth-order valence-corrected chi connectivity index (χ4v) is 6.33. The Balaban J connectivity index is 1.21. The second-order valence-corrected chi connectivity index (χ2v) is 12.2. The second-order valence-electron chi connectivity index (χ2n) is 10.2. The maximum absolute atomic E-state index is 13.6. The summed E-state index contributed by atoms with van der Waals surface area (Å²) in [5.74, 6) is -0.426. The highest BCUT2D eigenvalue weighted by Gasteiger charge is 2.47. The van der Waals surface area contributed by atoms with Gasteiger partial charge in [0.25, 0.3) is 0 Å². The summed E-state index contributed by atoms with van der Waals surface area (Å²) in [7, 11) is -3.68. The van der Waals surface area contributed by atoms with Gasteiger partial charge in [-0.3, -0.25) is 13.9 Å². The number of ether oxygens (including phenoxy) is 2. The summed E-state index contributed by atoms with van der Waals surface area (Å²) < 4.78 is 38.1. The highest BCUT2D eigenvalue weighted by atomic mass is 31.2. The molecule has 36 heavy (non-hydrogen) atoms. The Labute approximate surface area is 209 Å². The highest BCUT2D eigenvalue weighted by molar-refractivity contribution is 7.53. The minimum atomic E-state index is -3.68. The lowest BCUT2D eigenvalue weighted by atomic mass is 10.1. The first-order valence-corrected chi connectivity index (χ1v) is 14.4. The van der Waals surface area contributed by atoms with Gasteiger partial charge < -0.3 is 29.4 Å². The summed E-state index contributed by atoms with van der Waals surface area (Å²) in [4.78, 5) is 24.3. The molecule has 0 bridgehead atoms. The van der Waals surface area contributed by atoms with Gasteiger partial charge in [-0.05, 0) is 44.4 Å². The molecule has 2 aromatic rings. The Kier molecular flexibility index (Phi) is 7.48. The molecule has 2 aromatic heterocycles. The minimum Gasteiger partial charge on any atom is -0.492 e. The van der Waals surface area contributed by atoms with Crippen LogP contribution in [0.25, 0.3) is 11.2 Å². The van der Waals surface area contributed by atoms with Crippen molar-refractivity contribution in [2.24, 2.45) is 11.8 Å². The number of rotatable bonds is 12. The Morgan fingerprint density at radius 1 is 1.14 bits per heavy atom.